The number of rotatable bonds is 7. The van der Waals surface area contributed by atoms with Gasteiger partial charge in [-0.2, -0.15) is 5.10 Å². The number of nitrogens with one attached hydrogen (secondary N) is 1. The molecule has 0 saturated heterocycles. The van der Waals surface area contributed by atoms with Crippen LogP contribution in [0.2, 0.25) is 0 Å². The van der Waals surface area contributed by atoms with Crippen LogP contribution in [0, 0.1) is 5.92 Å². The average Bonchev–Trinajstić information content (AvgIpc) is 2.89. The Kier molecular flexibility index (Phi) is 5.39. The Labute approximate surface area is 127 Å². The van der Waals surface area contributed by atoms with E-state index in [-0.39, 0.29) is 6.04 Å². The van der Waals surface area contributed by atoms with E-state index in [2.05, 4.69) is 43.3 Å². The minimum atomic E-state index is 0.283. The molecule has 0 aliphatic heterocycles. The van der Waals surface area contributed by atoms with Crippen LogP contribution in [0.25, 0.3) is 0 Å². The molecule has 0 spiro atoms. The average molecular weight is 287 g/mol. The lowest BCUT2D eigenvalue weighted by Gasteiger charge is -2.14. The molecule has 0 saturated carbocycles. The molecule has 1 aromatic heterocycles. The molecule has 1 atom stereocenters. The van der Waals surface area contributed by atoms with E-state index in [0.29, 0.717) is 5.92 Å². The van der Waals surface area contributed by atoms with Gasteiger partial charge in [0.15, 0.2) is 0 Å². The Morgan fingerprint density at radius 1 is 1.14 bits per heavy atom. The van der Waals surface area contributed by atoms with E-state index >= 15 is 0 Å². The first-order valence-corrected chi connectivity index (χ1v) is 7.49. The lowest BCUT2D eigenvalue weighted by Crippen LogP contribution is -2.18. The van der Waals surface area contributed by atoms with Crippen LogP contribution in [0.1, 0.15) is 38.1 Å². The molecular weight excluding hydrogens is 262 g/mol. The van der Waals surface area contributed by atoms with E-state index < -0.39 is 0 Å². The monoisotopic (exact) mass is 287 g/mol. The van der Waals surface area contributed by atoms with E-state index in [1.807, 2.05) is 36.1 Å². The first kappa shape index (κ1) is 15.6. The zero-order valence-corrected chi connectivity index (χ0v) is 13.3. The lowest BCUT2D eigenvalue weighted by molar-refractivity contribution is 0.271. The van der Waals surface area contributed by atoms with Gasteiger partial charge in [-0.1, -0.05) is 26.0 Å². The summed E-state index contributed by atoms with van der Waals surface area (Å²) in [7, 11) is 1.93. The maximum Gasteiger partial charge on any atom is 0.119 e. The molecular formula is C17H25N3O. The number of benzene rings is 1. The molecule has 4 nitrogen and oxygen atoms in total. The number of hydrogen-bond donors (Lipinski definition) is 1. The van der Waals surface area contributed by atoms with Crippen molar-refractivity contribution in [3.05, 3.63) is 47.8 Å². The summed E-state index contributed by atoms with van der Waals surface area (Å²) < 4.78 is 7.52. The third-order valence-electron chi connectivity index (χ3n) is 3.32. The predicted molar refractivity (Wildman–Crippen MR) is 85.2 cm³/mol. The third-order valence-corrected chi connectivity index (χ3v) is 3.32. The minimum Gasteiger partial charge on any atom is -0.493 e. The summed E-state index contributed by atoms with van der Waals surface area (Å²) in [5.41, 5.74) is 2.31. The SMILES string of the molecule is CC(C)COc1ccc(C(C)NCc2ccn(C)n2)cc1. The molecule has 1 N–H and O–H groups in total. The Morgan fingerprint density at radius 2 is 1.86 bits per heavy atom. The van der Waals surface area contributed by atoms with Crippen molar-refractivity contribution in [2.45, 2.75) is 33.4 Å². The first-order valence-electron chi connectivity index (χ1n) is 7.49. The molecule has 4 heteroatoms. The van der Waals surface area contributed by atoms with Crippen LogP contribution in [0.4, 0.5) is 0 Å². The van der Waals surface area contributed by atoms with Crippen molar-refractivity contribution in [2.75, 3.05) is 6.61 Å². The van der Waals surface area contributed by atoms with Crippen molar-refractivity contribution < 1.29 is 4.74 Å². The second-order valence-electron chi connectivity index (χ2n) is 5.86. The summed E-state index contributed by atoms with van der Waals surface area (Å²) in [5, 5.41) is 7.85. The topological polar surface area (TPSA) is 39.1 Å². The largest absolute Gasteiger partial charge is 0.493 e. The summed E-state index contributed by atoms with van der Waals surface area (Å²) in [5.74, 6) is 1.48. The van der Waals surface area contributed by atoms with Crippen LogP contribution in [-0.2, 0) is 13.6 Å². The van der Waals surface area contributed by atoms with Crippen LogP contribution in [0.3, 0.4) is 0 Å². The fourth-order valence-corrected chi connectivity index (χ4v) is 2.05. The second-order valence-corrected chi connectivity index (χ2v) is 5.86. The van der Waals surface area contributed by atoms with Gasteiger partial charge in [-0.25, -0.2) is 0 Å². The molecule has 0 bridgehead atoms. The summed E-state index contributed by atoms with van der Waals surface area (Å²) in [6.45, 7) is 7.99. The quantitative estimate of drug-likeness (QED) is 0.849. The molecule has 2 rings (SSSR count). The van der Waals surface area contributed by atoms with E-state index in [1.54, 1.807) is 0 Å². The number of ether oxygens (including phenoxy) is 1. The molecule has 2 aromatic rings. The maximum absolute atomic E-state index is 5.70. The van der Waals surface area contributed by atoms with Crippen molar-refractivity contribution >= 4 is 0 Å². The normalized spacial score (nSPS) is 12.6. The fraction of sp³-hybridized carbons (Fsp3) is 0.471. The molecule has 1 heterocycles. The Morgan fingerprint density at radius 3 is 2.43 bits per heavy atom. The van der Waals surface area contributed by atoms with Crippen LogP contribution in [0.15, 0.2) is 36.5 Å². The van der Waals surface area contributed by atoms with Gasteiger partial charge in [0, 0.05) is 25.8 Å². The molecule has 1 aromatic carbocycles. The summed E-state index contributed by atoms with van der Waals surface area (Å²) in [6, 6.07) is 10.6. The van der Waals surface area contributed by atoms with Gasteiger partial charge in [-0.3, -0.25) is 4.68 Å². The molecule has 1 unspecified atom stereocenters. The Balaban J connectivity index is 1.85. The van der Waals surface area contributed by atoms with Gasteiger partial charge >= 0.3 is 0 Å². The summed E-state index contributed by atoms with van der Waals surface area (Å²) >= 11 is 0. The molecule has 0 amide bonds. The van der Waals surface area contributed by atoms with E-state index in [9.17, 15) is 0 Å². The van der Waals surface area contributed by atoms with Crippen LogP contribution in [0.5, 0.6) is 5.75 Å². The molecule has 114 valence electrons. The standard InChI is InChI=1S/C17H25N3O/c1-13(2)12-21-17-7-5-15(6-8-17)14(3)18-11-16-9-10-20(4)19-16/h5-10,13-14,18H,11-12H2,1-4H3. The summed E-state index contributed by atoms with van der Waals surface area (Å²) in [6.07, 6.45) is 1.96. The summed E-state index contributed by atoms with van der Waals surface area (Å²) in [4.78, 5) is 0. The van der Waals surface area contributed by atoms with E-state index in [0.717, 1.165) is 24.6 Å². The van der Waals surface area contributed by atoms with E-state index in [1.165, 1.54) is 5.56 Å². The Bertz CT molecular complexity index is 545. The maximum atomic E-state index is 5.70. The van der Waals surface area contributed by atoms with Crippen molar-refractivity contribution in [1.29, 1.82) is 0 Å². The third kappa shape index (κ3) is 4.90. The smallest absolute Gasteiger partial charge is 0.119 e. The van der Waals surface area contributed by atoms with Gasteiger partial charge in [-0.05, 0) is 36.6 Å². The molecule has 0 aliphatic rings. The van der Waals surface area contributed by atoms with Crippen LogP contribution in [-0.4, -0.2) is 16.4 Å². The predicted octanol–water partition coefficient (Wildman–Crippen LogP) is 3.31. The second kappa shape index (κ2) is 7.27. The molecule has 0 radical (unpaired) electrons. The molecule has 0 fully saturated rings. The number of hydrogen-bond acceptors (Lipinski definition) is 3. The lowest BCUT2D eigenvalue weighted by atomic mass is 10.1. The van der Waals surface area contributed by atoms with Crippen LogP contribution < -0.4 is 10.1 Å². The van der Waals surface area contributed by atoms with Crippen molar-refractivity contribution in [2.24, 2.45) is 13.0 Å². The highest BCUT2D eigenvalue weighted by Gasteiger charge is 2.06. The molecule has 21 heavy (non-hydrogen) atoms. The van der Waals surface area contributed by atoms with Crippen molar-refractivity contribution in [3.8, 4) is 5.75 Å². The number of nitrogens with zero attached hydrogens (tertiary/aromatic N) is 2. The van der Waals surface area contributed by atoms with Gasteiger partial charge in [0.1, 0.15) is 5.75 Å². The zero-order chi connectivity index (χ0) is 15.2. The van der Waals surface area contributed by atoms with Gasteiger partial charge in [0.25, 0.3) is 0 Å². The van der Waals surface area contributed by atoms with Gasteiger partial charge < -0.3 is 10.1 Å². The van der Waals surface area contributed by atoms with Crippen molar-refractivity contribution in [1.82, 2.24) is 15.1 Å². The van der Waals surface area contributed by atoms with Gasteiger partial charge in [0.05, 0.1) is 12.3 Å². The van der Waals surface area contributed by atoms with Crippen molar-refractivity contribution in [3.63, 3.8) is 0 Å². The highest BCUT2D eigenvalue weighted by atomic mass is 16.5. The minimum absolute atomic E-state index is 0.283. The number of aryl methyl sites for hydroxylation is 1. The fourth-order valence-electron chi connectivity index (χ4n) is 2.05. The Hall–Kier alpha value is -1.81. The highest BCUT2D eigenvalue weighted by molar-refractivity contribution is 5.29. The first-order chi connectivity index (χ1) is 10.0. The molecule has 0 aliphatic carbocycles. The van der Waals surface area contributed by atoms with E-state index in [4.69, 9.17) is 4.74 Å². The zero-order valence-electron chi connectivity index (χ0n) is 13.3. The van der Waals surface area contributed by atoms with Gasteiger partial charge in [-0.15, -0.1) is 0 Å². The van der Waals surface area contributed by atoms with Crippen LogP contribution >= 0.6 is 0 Å². The highest BCUT2D eigenvalue weighted by Crippen LogP contribution is 2.18. The van der Waals surface area contributed by atoms with Gasteiger partial charge in [0.2, 0.25) is 0 Å². The number of aromatic nitrogens is 2.